The maximum atomic E-state index is 12.1. The van der Waals surface area contributed by atoms with Gasteiger partial charge in [0.05, 0.1) is 11.1 Å². The first-order valence-corrected chi connectivity index (χ1v) is 6.57. The lowest BCUT2D eigenvalue weighted by atomic mass is 10.1. The minimum Gasteiger partial charge on any atom is -0.508 e. The van der Waals surface area contributed by atoms with Crippen molar-refractivity contribution in [3.63, 3.8) is 0 Å². The third-order valence-corrected chi connectivity index (χ3v) is 3.37. The SMILES string of the molecule is O=C1c2ccccc2C(=O)N1C/C=C/c1ccc(O)cc1. The Morgan fingerprint density at radius 3 is 2.05 bits per heavy atom. The summed E-state index contributed by atoms with van der Waals surface area (Å²) in [5.41, 5.74) is 1.81. The van der Waals surface area contributed by atoms with Gasteiger partial charge in [0.1, 0.15) is 5.75 Å². The van der Waals surface area contributed by atoms with E-state index in [0.29, 0.717) is 11.1 Å². The number of hydrogen-bond acceptors (Lipinski definition) is 3. The second kappa shape index (κ2) is 5.25. The molecule has 1 heterocycles. The van der Waals surface area contributed by atoms with Crippen LogP contribution in [-0.2, 0) is 0 Å². The highest BCUT2D eigenvalue weighted by molar-refractivity contribution is 6.21. The standard InChI is InChI=1S/C17H13NO3/c19-13-9-7-12(8-10-13)4-3-11-18-16(20)14-5-1-2-6-15(14)17(18)21/h1-10,19H,11H2/b4-3+. The van der Waals surface area contributed by atoms with Crippen LogP contribution in [0.25, 0.3) is 6.08 Å². The maximum Gasteiger partial charge on any atom is 0.261 e. The van der Waals surface area contributed by atoms with E-state index in [9.17, 15) is 14.7 Å². The Bertz CT molecular complexity index is 697. The van der Waals surface area contributed by atoms with Crippen molar-refractivity contribution in [2.75, 3.05) is 6.54 Å². The van der Waals surface area contributed by atoms with Crippen LogP contribution in [0.15, 0.2) is 54.6 Å². The fraction of sp³-hybridized carbons (Fsp3) is 0.0588. The van der Waals surface area contributed by atoms with Gasteiger partial charge in [-0.15, -0.1) is 0 Å². The van der Waals surface area contributed by atoms with Crippen molar-refractivity contribution in [3.05, 3.63) is 71.3 Å². The van der Waals surface area contributed by atoms with Crippen LogP contribution >= 0.6 is 0 Å². The van der Waals surface area contributed by atoms with Crippen LogP contribution < -0.4 is 0 Å². The monoisotopic (exact) mass is 279 g/mol. The van der Waals surface area contributed by atoms with Crippen LogP contribution in [0.4, 0.5) is 0 Å². The van der Waals surface area contributed by atoms with E-state index in [1.807, 2.05) is 6.08 Å². The Morgan fingerprint density at radius 2 is 1.48 bits per heavy atom. The Balaban J connectivity index is 1.74. The second-order valence-electron chi connectivity index (χ2n) is 4.76. The number of hydrogen-bond donors (Lipinski definition) is 1. The van der Waals surface area contributed by atoms with Crippen molar-refractivity contribution in [2.45, 2.75) is 0 Å². The molecule has 0 fully saturated rings. The average molecular weight is 279 g/mol. The first-order chi connectivity index (χ1) is 10.2. The zero-order valence-electron chi connectivity index (χ0n) is 11.2. The summed E-state index contributed by atoms with van der Waals surface area (Å²) in [6.45, 7) is 0.229. The molecule has 0 radical (unpaired) electrons. The summed E-state index contributed by atoms with van der Waals surface area (Å²) in [7, 11) is 0. The van der Waals surface area contributed by atoms with E-state index in [-0.39, 0.29) is 24.1 Å². The highest BCUT2D eigenvalue weighted by Crippen LogP contribution is 2.22. The number of phenolic OH excluding ortho intramolecular Hbond substituents is 1. The normalized spacial score (nSPS) is 14.0. The Hall–Kier alpha value is -2.88. The second-order valence-corrected chi connectivity index (χ2v) is 4.76. The molecule has 0 unspecified atom stereocenters. The number of carbonyl (C=O) groups excluding carboxylic acids is 2. The molecule has 0 spiro atoms. The van der Waals surface area contributed by atoms with Crippen LogP contribution in [0.5, 0.6) is 5.75 Å². The number of rotatable bonds is 3. The Kier molecular flexibility index (Phi) is 3.28. The minimum atomic E-state index is -0.258. The van der Waals surface area contributed by atoms with Crippen LogP contribution in [0.1, 0.15) is 26.3 Å². The number of amides is 2. The van der Waals surface area contributed by atoms with Gasteiger partial charge in [-0.25, -0.2) is 0 Å². The molecule has 3 rings (SSSR count). The van der Waals surface area contributed by atoms with Crippen molar-refractivity contribution in [1.82, 2.24) is 4.90 Å². The topological polar surface area (TPSA) is 57.6 Å². The van der Waals surface area contributed by atoms with Gasteiger partial charge >= 0.3 is 0 Å². The van der Waals surface area contributed by atoms with Crippen LogP contribution in [0, 0.1) is 0 Å². The average Bonchev–Trinajstić information content (AvgIpc) is 2.75. The van der Waals surface area contributed by atoms with Crippen LogP contribution in [0.2, 0.25) is 0 Å². The highest BCUT2D eigenvalue weighted by atomic mass is 16.3. The summed E-state index contributed by atoms with van der Waals surface area (Å²) >= 11 is 0. The zero-order chi connectivity index (χ0) is 14.8. The van der Waals surface area contributed by atoms with E-state index >= 15 is 0 Å². The number of carbonyl (C=O) groups is 2. The third kappa shape index (κ3) is 2.43. The predicted molar refractivity (Wildman–Crippen MR) is 78.9 cm³/mol. The molecule has 2 aromatic rings. The molecule has 1 N–H and O–H groups in total. The molecule has 0 aromatic heterocycles. The van der Waals surface area contributed by atoms with Gasteiger partial charge in [0, 0.05) is 6.54 Å². The minimum absolute atomic E-state index is 0.201. The van der Waals surface area contributed by atoms with E-state index in [0.717, 1.165) is 5.56 Å². The van der Waals surface area contributed by atoms with E-state index in [1.54, 1.807) is 54.6 Å². The van der Waals surface area contributed by atoms with Gasteiger partial charge in [0.15, 0.2) is 0 Å². The highest BCUT2D eigenvalue weighted by Gasteiger charge is 2.33. The molecule has 0 bridgehead atoms. The molecule has 2 amide bonds. The number of phenols is 1. The summed E-state index contributed by atoms with van der Waals surface area (Å²) in [5.74, 6) is -0.315. The summed E-state index contributed by atoms with van der Waals surface area (Å²) in [6.07, 6.45) is 3.57. The molecular weight excluding hydrogens is 266 g/mol. The van der Waals surface area contributed by atoms with Crippen molar-refractivity contribution in [3.8, 4) is 5.75 Å². The van der Waals surface area contributed by atoms with Crippen molar-refractivity contribution in [1.29, 1.82) is 0 Å². The number of aromatic hydroxyl groups is 1. The lowest BCUT2D eigenvalue weighted by Gasteiger charge is -2.10. The number of fused-ring (bicyclic) bond motifs is 1. The van der Waals surface area contributed by atoms with Crippen LogP contribution in [0.3, 0.4) is 0 Å². The lowest BCUT2D eigenvalue weighted by molar-refractivity contribution is 0.0672. The molecule has 4 nitrogen and oxygen atoms in total. The molecule has 21 heavy (non-hydrogen) atoms. The molecule has 104 valence electrons. The summed E-state index contributed by atoms with van der Waals surface area (Å²) in [5, 5.41) is 9.20. The van der Waals surface area contributed by atoms with E-state index < -0.39 is 0 Å². The zero-order valence-corrected chi connectivity index (χ0v) is 11.2. The van der Waals surface area contributed by atoms with Gasteiger partial charge < -0.3 is 5.11 Å². The molecule has 1 aliphatic heterocycles. The van der Waals surface area contributed by atoms with Gasteiger partial charge in [-0.3, -0.25) is 14.5 Å². The smallest absolute Gasteiger partial charge is 0.261 e. The summed E-state index contributed by atoms with van der Waals surface area (Å²) in [4.78, 5) is 25.5. The Labute approximate surface area is 121 Å². The molecule has 0 aliphatic carbocycles. The maximum absolute atomic E-state index is 12.1. The molecule has 0 saturated carbocycles. The van der Waals surface area contributed by atoms with Crippen molar-refractivity contribution < 1.29 is 14.7 Å². The molecule has 4 heteroatoms. The summed E-state index contributed by atoms with van der Waals surface area (Å²) in [6, 6.07) is 13.5. The third-order valence-electron chi connectivity index (χ3n) is 3.37. The molecule has 2 aromatic carbocycles. The van der Waals surface area contributed by atoms with Crippen LogP contribution in [-0.4, -0.2) is 28.4 Å². The number of benzene rings is 2. The van der Waals surface area contributed by atoms with Gasteiger partial charge in [-0.2, -0.15) is 0 Å². The fourth-order valence-electron chi connectivity index (χ4n) is 2.28. The predicted octanol–water partition coefficient (Wildman–Crippen LogP) is 2.70. The fourth-order valence-corrected chi connectivity index (χ4v) is 2.28. The van der Waals surface area contributed by atoms with Gasteiger partial charge in [-0.1, -0.05) is 36.4 Å². The van der Waals surface area contributed by atoms with Gasteiger partial charge in [0.2, 0.25) is 0 Å². The quantitative estimate of drug-likeness (QED) is 0.879. The molecular formula is C17H13NO3. The van der Waals surface area contributed by atoms with Crippen molar-refractivity contribution in [2.24, 2.45) is 0 Å². The van der Waals surface area contributed by atoms with E-state index in [2.05, 4.69) is 0 Å². The van der Waals surface area contributed by atoms with Gasteiger partial charge in [0.25, 0.3) is 11.8 Å². The lowest BCUT2D eigenvalue weighted by Crippen LogP contribution is -2.29. The van der Waals surface area contributed by atoms with Gasteiger partial charge in [-0.05, 0) is 29.8 Å². The molecule has 0 atom stereocenters. The molecule has 0 saturated heterocycles. The number of imide groups is 1. The number of nitrogens with zero attached hydrogens (tertiary/aromatic N) is 1. The first-order valence-electron chi connectivity index (χ1n) is 6.57. The van der Waals surface area contributed by atoms with Crippen molar-refractivity contribution >= 4 is 17.9 Å². The first kappa shape index (κ1) is 13.1. The van der Waals surface area contributed by atoms with E-state index in [4.69, 9.17) is 0 Å². The van der Waals surface area contributed by atoms with E-state index in [1.165, 1.54) is 4.90 Å². The Morgan fingerprint density at radius 1 is 0.905 bits per heavy atom. The largest absolute Gasteiger partial charge is 0.508 e. The molecule has 1 aliphatic rings. The summed E-state index contributed by atoms with van der Waals surface area (Å²) < 4.78 is 0.